The van der Waals surface area contributed by atoms with Crippen LogP contribution in [0, 0.1) is 0 Å². The molecule has 1 aliphatic heterocycles. The standard InChI is InChI=1S/C28H29N7O/c1-2-3-10-25-30-28(15-6-7-16-28)27(36)35(25)18-19-11-13-23-20(17-19)12-14-24(29-23)21-8-4-5-9-22(21)26-31-33-34-32-26/h4-5,8-9,11-14,17H,2-3,6-7,10,15-16,18H2,1H3,(H,31,32,33,34). The van der Waals surface area contributed by atoms with Crippen LogP contribution in [0.3, 0.4) is 0 Å². The van der Waals surface area contributed by atoms with Gasteiger partial charge in [-0.15, -0.1) is 5.10 Å². The molecule has 0 unspecified atom stereocenters. The highest BCUT2D eigenvalue weighted by Gasteiger charge is 2.49. The second kappa shape index (κ2) is 9.26. The summed E-state index contributed by atoms with van der Waals surface area (Å²) in [5.41, 5.74) is 4.22. The molecule has 1 amide bonds. The highest BCUT2D eigenvalue weighted by Crippen LogP contribution is 2.40. The summed E-state index contributed by atoms with van der Waals surface area (Å²) in [5.74, 6) is 1.77. The number of aromatic amines is 1. The molecule has 0 bridgehead atoms. The van der Waals surface area contributed by atoms with Crippen molar-refractivity contribution in [2.45, 2.75) is 64.0 Å². The maximum Gasteiger partial charge on any atom is 0.256 e. The van der Waals surface area contributed by atoms with Crippen LogP contribution in [0.2, 0.25) is 0 Å². The molecule has 1 saturated carbocycles. The minimum atomic E-state index is -0.497. The van der Waals surface area contributed by atoms with E-state index in [0.29, 0.717) is 12.4 Å². The zero-order chi connectivity index (χ0) is 24.5. The number of benzene rings is 2. The van der Waals surface area contributed by atoms with Gasteiger partial charge >= 0.3 is 0 Å². The maximum atomic E-state index is 13.5. The van der Waals surface area contributed by atoms with Crippen molar-refractivity contribution >= 4 is 22.6 Å². The first-order valence-corrected chi connectivity index (χ1v) is 12.8. The highest BCUT2D eigenvalue weighted by molar-refractivity contribution is 6.08. The molecule has 2 aromatic carbocycles. The number of pyridine rings is 1. The topological polar surface area (TPSA) is 100 Å². The zero-order valence-corrected chi connectivity index (χ0v) is 20.4. The predicted octanol–water partition coefficient (Wildman–Crippen LogP) is 5.33. The van der Waals surface area contributed by atoms with E-state index < -0.39 is 5.54 Å². The van der Waals surface area contributed by atoms with Gasteiger partial charge in [0.25, 0.3) is 5.91 Å². The Morgan fingerprint density at radius 1 is 1.03 bits per heavy atom. The molecule has 0 saturated heterocycles. The van der Waals surface area contributed by atoms with Crippen LogP contribution in [0.4, 0.5) is 0 Å². The number of carbonyl (C=O) groups excluding carboxylic acids is 1. The monoisotopic (exact) mass is 479 g/mol. The fourth-order valence-electron chi connectivity index (χ4n) is 5.49. The van der Waals surface area contributed by atoms with Gasteiger partial charge in [0.15, 0.2) is 5.82 Å². The quantitative estimate of drug-likeness (QED) is 0.386. The Kier molecular flexibility index (Phi) is 5.79. The number of aromatic nitrogens is 5. The number of nitrogens with zero attached hydrogens (tertiary/aromatic N) is 6. The zero-order valence-electron chi connectivity index (χ0n) is 20.4. The van der Waals surface area contributed by atoms with Gasteiger partial charge in [0.2, 0.25) is 0 Å². The Balaban J connectivity index is 1.29. The number of rotatable bonds is 7. The van der Waals surface area contributed by atoms with E-state index in [-0.39, 0.29) is 5.91 Å². The van der Waals surface area contributed by atoms with Crippen LogP contribution in [0.5, 0.6) is 0 Å². The Bertz CT molecular complexity index is 1440. The van der Waals surface area contributed by atoms with Crippen LogP contribution in [-0.2, 0) is 11.3 Å². The Labute approximate surface area is 209 Å². The minimum Gasteiger partial charge on any atom is -0.294 e. The van der Waals surface area contributed by atoms with Gasteiger partial charge in [0, 0.05) is 22.9 Å². The van der Waals surface area contributed by atoms with Crippen molar-refractivity contribution in [3.05, 3.63) is 60.2 Å². The van der Waals surface area contributed by atoms with Crippen LogP contribution < -0.4 is 0 Å². The van der Waals surface area contributed by atoms with Crippen molar-refractivity contribution in [1.82, 2.24) is 30.5 Å². The summed E-state index contributed by atoms with van der Waals surface area (Å²) < 4.78 is 0. The van der Waals surface area contributed by atoms with Crippen molar-refractivity contribution in [3.63, 3.8) is 0 Å². The fourth-order valence-corrected chi connectivity index (χ4v) is 5.49. The van der Waals surface area contributed by atoms with Gasteiger partial charge in [0.1, 0.15) is 11.4 Å². The normalized spacial score (nSPS) is 16.9. The second-order valence-electron chi connectivity index (χ2n) is 9.78. The first-order valence-electron chi connectivity index (χ1n) is 12.8. The number of unbranched alkanes of at least 4 members (excludes halogenated alkanes) is 1. The lowest BCUT2D eigenvalue weighted by atomic mass is 9.98. The molecule has 8 nitrogen and oxygen atoms in total. The van der Waals surface area contributed by atoms with Crippen LogP contribution in [0.25, 0.3) is 33.5 Å². The molecular formula is C28H29N7O. The van der Waals surface area contributed by atoms with Crippen LogP contribution in [0.15, 0.2) is 59.6 Å². The summed E-state index contributed by atoms with van der Waals surface area (Å²) in [4.78, 5) is 25.4. The third kappa shape index (κ3) is 3.96. The summed E-state index contributed by atoms with van der Waals surface area (Å²) in [5, 5.41) is 15.4. The molecule has 1 spiro atoms. The van der Waals surface area contributed by atoms with E-state index >= 15 is 0 Å². The van der Waals surface area contributed by atoms with E-state index in [1.54, 1.807) is 0 Å². The second-order valence-corrected chi connectivity index (χ2v) is 9.78. The van der Waals surface area contributed by atoms with Gasteiger partial charge in [-0.2, -0.15) is 0 Å². The first kappa shape index (κ1) is 22.5. The molecule has 8 heteroatoms. The smallest absolute Gasteiger partial charge is 0.256 e. The van der Waals surface area contributed by atoms with Crippen LogP contribution in [-0.4, -0.2) is 47.8 Å². The number of amides is 1. The molecule has 1 N–H and O–H groups in total. The van der Waals surface area contributed by atoms with Crippen molar-refractivity contribution in [2.24, 2.45) is 4.99 Å². The van der Waals surface area contributed by atoms with Crippen LogP contribution in [0.1, 0.15) is 57.4 Å². The molecular weight excluding hydrogens is 450 g/mol. The Morgan fingerprint density at radius 2 is 1.86 bits per heavy atom. The van der Waals surface area contributed by atoms with Gasteiger partial charge in [-0.25, -0.2) is 10.1 Å². The SMILES string of the molecule is CCCCC1=NC2(CCCC2)C(=O)N1Cc1ccc2nc(-c3ccccc3-c3nnn[nH]3)ccc2c1. The van der Waals surface area contributed by atoms with Crippen LogP contribution >= 0.6 is 0 Å². The Morgan fingerprint density at radius 3 is 2.64 bits per heavy atom. The molecule has 6 rings (SSSR count). The van der Waals surface area contributed by atoms with E-state index in [2.05, 4.69) is 45.7 Å². The number of H-pyrrole nitrogens is 1. The fraction of sp³-hybridized carbons (Fsp3) is 0.357. The maximum absolute atomic E-state index is 13.5. The molecule has 36 heavy (non-hydrogen) atoms. The van der Waals surface area contributed by atoms with Crippen molar-refractivity contribution in [2.75, 3.05) is 0 Å². The number of fused-ring (bicyclic) bond motifs is 1. The first-order chi connectivity index (χ1) is 17.7. The number of aliphatic imine (C=N–C) groups is 1. The number of amidine groups is 1. The van der Waals surface area contributed by atoms with E-state index in [1.165, 1.54) is 0 Å². The molecule has 0 atom stereocenters. The summed E-state index contributed by atoms with van der Waals surface area (Å²) in [6.07, 6.45) is 6.95. The highest BCUT2D eigenvalue weighted by atomic mass is 16.2. The van der Waals surface area contributed by atoms with E-state index in [4.69, 9.17) is 9.98 Å². The molecule has 0 radical (unpaired) electrons. The lowest BCUT2D eigenvalue weighted by molar-refractivity contribution is -0.131. The molecule has 3 heterocycles. The third-order valence-corrected chi connectivity index (χ3v) is 7.38. The van der Waals surface area contributed by atoms with Crippen molar-refractivity contribution < 1.29 is 4.79 Å². The number of tetrazole rings is 1. The minimum absolute atomic E-state index is 0.193. The average Bonchev–Trinajstić information content (AvgIpc) is 3.67. The molecule has 1 aliphatic carbocycles. The van der Waals surface area contributed by atoms with E-state index in [0.717, 1.165) is 84.1 Å². The third-order valence-electron chi connectivity index (χ3n) is 7.38. The summed E-state index contributed by atoms with van der Waals surface area (Å²) in [7, 11) is 0. The molecule has 1 fully saturated rings. The van der Waals surface area contributed by atoms with E-state index in [9.17, 15) is 4.79 Å². The number of hydrogen-bond acceptors (Lipinski definition) is 6. The summed E-state index contributed by atoms with van der Waals surface area (Å²) in [6, 6.07) is 18.3. The molecule has 4 aromatic rings. The van der Waals surface area contributed by atoms with Gasteiger partial charge in [0.05, 0.1) is 17.8 Å². The number of hydrogen-bond donors (Lipinski definition) is 1. The summed E-state index contributed by atoms with van der Waals surface area (Å²) in [6.45, 7) is 2.74. The molecule has 182 valence electrons. The number of carbonyl (C=O) groups is 1. The Hall–Kier alpha value is -3.94. The van der Waals surface area contributed by atoms with Crippen molar-refractivity contribution in [1.29, 1.82) is 0 Å². The lowest BCUT2D eigenvalue weighted by Gasteiger charge is -2.23. The van der Waals surface area contributed by atoms with Crippen molar-refractivity contribution in [3.8, 4) is 22.6 Å². The van der Waals surface area contributed by atoms with Gasteiger partial charge < -0.3 is 0 Å². The van der Waals surface area contributed by atoms with Gasteiger partial charge in [-0.3, -0.25) is 14.7 Å². The molecule has 2 aromatic heterocycles. The van der Waals surface area contributed by atoms with Gasteiger partial charge in [-0.05, 0) is 53.5 Å². The largest absolute Gasteiger partial charge is 0.294 e. The van der Waals surface area contributed by atoms with E-state index in [1.807, 2.05) is 41.3 Å². The summed E-state index contributed by atoms with van der Waals surface area (Å²) >= 11 is 0. The predicted molar refractivity (Wildman–Crippen MR) is 139 cm³/mol. The average molecular weight is 480 g/mol. The number of nitrogens with one attached hydrogen (secondary N) is 1. The lowest BCUT2D eigenvalue weighted by Crippen LogP contribution is -2.40. The van der Waals surface area contributed by atoms with Gasteiger partial charge in [-0.1, -0.05) is 62.6 Å². The molecule has 2 aliphatic rings.